The maximum atomic E-state index is 5.76. The Labute approximate surface area is 125 Å². The van der Waals surface area contributed by atoms with E-state index in [4.69, 9.17) is 10.5 Å². The van der Waals surface area contributed by atoms with Crippen LogP contribution >= 0.6 is 15.9 Å². The van der Waals surface area contributed by atoms with Crippen molar-refractivity contribution >= 4 is 15.9 Å². The molecule has 0 aliphatic heterocycles. The quantitative estimate of drug-likeness (QED) is 0.797. The number of benzene rings is 1. The van der Waals surface area contributed by atoms with Crippen LogP contribution in [0.5, 0.6) is 5.75 Å². The largest absolute Gasteiger partial charge is 0.496 e. The second kappa shape index (κ2) is 8.56. The summed E-state index contributed by atoms with van der Waals surface area (Å²) in [4.78, 5) is 2.35. The minimum atomic E-state index is 0.304. The maximum Gasteiger partial charge on any atom is 0.122 e. The molecule has 0 bridgehead atoms. The molecule has 0 aromatic heterocycles. The van der Waals surface area contributed by atoms with E-state index in [2.05, 4.69) is 40.9 Å². The van der Waals surface area contributed by atoms with Crippen molar-refractivity contribution in [1.82, 2.24) is 4.90 Å². The minimum absolute atomic E-state index is 0.304. The van der Waals surface area contributed by atoms with Gasteiger partial charge in [-0.05, 0) is 63.5 Å². The van der Waals surface area contributed by atoms with E-state index in [0.717, 1.165) is 42.6 Å². The van der Waals surface area contributed by atoms with Crippen molar-refractivity contribution in [3.8, 4) is 5.75 Å². The van der Waals surface area contributed by atoms with Crippen molar-refractivity contribution in [2.75, 3.05) is 27.2 Å². The highest BCUT2D eigenvalue weighted by Gasteiger charge is 2.06. The zero-order valence-electron chi connectivity index (χ0n) is 12.2. The predicted molar refractivity (Wildman–Crippen MR) is 84.8 cm³/mol. The molecule has 0 aliphatic carbocycles. The first-order chi connectivity index (χ1) is 9.02. The van der Waals surface area contributed by atoms with Crippen LogP contribution in [-0.4, -0.2) is 38.2 Å². The van der Waals surface area contributed by atoms with Crippen LogP contribution in [0.1, 0.15) is 25.3 Å². The molecule has 1 aromatic carbocycles. The third kappa shape index (κ3) is 6.41. The summed E-state index contributed by atoms with van der Waals surface area (Å²) in [7, 11) is 3.88. The molecule has 2 N–H and O–H groups in total. The molecule has 0 spiro atoms. The van der Waals surface area contributed by atoms with Crippen LogP contribution in [0.4, 0.5) is 0 Å². The van der Waals surface area contributed by atoms with Gasteiger partial charge in [-0.2, -0.15) is 0 Å². The SMILES string of the molecule is COc1ccc(Br)cc1CCN(C)CCCC(C)N. The molecule has 108 valence electrons. The molecule has 3 nitrogen and oxygen atoms in total. The Morgan fingerprint density at radius 2 is 2.11 bits per heavy atom. The lowest BCUT2D eigenvalue weighted by Gasteiger charge is -2.18. The van der Waals surface area contributed by atoms with Gasteiger partial charge in [0, 0.05) is 17.1 Å². The van der Waals surface area contributed by atoms with Gasteiger partial charge in [0.2, 0.25) is 0 Å². The Kier molecular flexibility index (Phi) is 7.42. The number of nitrogens with two attached hydrogens (primary N) is 1. The average Bonchev–Trinajstić information content (AvgIpc) is 2.36. The first-order valence-corrected chi connectivity index (χ1v) is 7.58. The topological polar surface area (TPSA) is 38.5 Å². The molecule has 0 heterocycles. The molecule has 0 radical (unpaired) electrons. The molecule has 1 atom stereocenters. The highest BCUT2D eigenvalue weighted by atomic mass is 79.9. The van der Waals surface area contributed by atoms with E-state index in [9.17, 15) is 0 Å². The van der Waals surface area contributed by atoms with Crippen molar-refractivity contribution in [2.24, 2.45) is 5.73 Å². The summed E-state index contributed by atoms with van der Waals surface area (Å²) in [6.45, 7) is 4.19. The van der Waals surface area contributed by atoms with Crippen molar-refractivity contribution in [1.29, 1.82) is 0 Å². The number of halogens is 1. The van der Waals surface area contributed by atoms with Crippen molar-refractivity contribution in [3.05, 3.63) is 28.2 Å². The number of methoxy groups -OCH3 is 1. The summed E-state index contributed by atoms with van der Waals surface area (Å²) >= 11 is 3.51. The number of likely N-dealkylation sites (N-methyl/N-ethyl adjacent to an activating group) is 1. The zero-order valence-corrected chi connectivity index (χ0v) is 13.7. The number of rotatable bonds is 8. The molecule has 19 heavy (non-hydrogen) atoms. The van der Waals surface area contributed by atoms with E-state index < -0.39 is 0 Å². The van der Waals surface area contributed by atoms with Gasteiger partial charge in [0.1, 0.15) is 5.75 Å². The highest BCUT2D eigenvalue weighted by Crippen LogP contribution is 2.23. The maximum absolute atomic E-state index is 5.76. The summed E-state index contributed by atoms with van der Waals surface area (Å²) in [5, 5.41) is 0. The summed E-state index contributed by atoms with van der Waals surface area (Å²) in [5.41, 5.74) is 7.00. The summed E-state index contributed by atoms with van der Waals surface area (Å²) in [6, 6.07) is 6.46. The second-order valence-electron chi connectivity index (χ2n) is 5.13. The van der Waals surface area contributed by atoms with Crippen LogP contribution in [0.3, 0.4) is 0 Å². The van der Waals surface area contributed by atoms with E-state index in [0.29, 0.717) is 6.04 Å². The highest BCUT2D eigenvalue weighted by molar-refractivity contribution is 9.10. The van der Waals surface area contributed by atoms with Crippen LogP contribution < -0.4 is 10.5 Å². The lowest BCUT2D eigenvalue weighted by molar-refractivity contribution is 0.323. The second-order valence-corrected chi connectivity index (χ2v) is 6.04. The first-order valence-electron chi connectivity index (χ1n) is 6.79. The van der Waals surface area contributed by atoms with Gasteiger partial charge in [-0.15, -0.1) is 0 Å². The van der Waals surface area contributed by atoms with Crippen LogP contribution in [0.25, 0.3) is 0 Å². The zero-order chi connectivity index (χ0) is 14.3. The smallest absolute Gasteiger partial charge is 0.122 e. The van der Waals surface area contributed by atoms with Crippen molar-refractivity contribution < 1.29 is 4.74 Å². The van der Waals surface area contributed by atoms with Gasteiger partial charge < -0.3 is 15.4 Å². The number of hydrogen-bond donors (Lipinski definition) is 1. The van der Waals surface area contributed by atoms with Gasteiger partial charge in [-0.25, -0.2) is 0 Å². The molecular formula is C15H25BrN2O. The van der Waals surface area contributed by atoms with Crippen LogP contribution in [0, 0.1) is 0 Å². The fourth-order valence-corrected chi connectivity index (χ4v) is 2.46. The number of hydrogen-bond acceptors (Lipinski definition) is 3. The normalized spacial score (nSPS) is 12.7. The van der Waals surface area contributed by atoms with Gasteiger partial charge in [0.25, 0.3) is 0 Å². The molecule has 0 amide bonds. The van der Waals surface area contributed by atoms with Gasteiger partial charge in [0.05, 0.1) is 7.11 Å². The Hall–Kier alpha value is -0.580. The predicted octanol–water partition coefficient (Wildman–Crippen LogP) is 3.06. The third-order valence-corrected chi connectivity index (χ3v) is 3.70. The van der Waals surface area contributed by atoms with Crippen LogP contribution in [0.15, 0.2) is 22.7 Å². The van der Waals surface area contributed by atoms with Gasteiger partial charge in [-0.3, -0.25) is 0 Å². The molecule has 1 aromatic rings. The molecule has 0 saturated carbocycles. The van der Waals surface area contributed by atoms with Crippen molar-refractivity contribution in [3.63, 3.8) is 0 Å². The van der Waals surface area contributed by atoms with Crippen LogP contribution in [0.2, 0.25) is 0 Å². The molecule has 1 rings (SSSR count). The van der Waals surface area contributed by atoms with E-state index in [-0.39, 0.29) is 0 Å². The standard InChI is InChI=1S/C15H25BrN2O/c1-12(17)5-4-9-18(2)10-8-13-11-14(16)6-7-15(13)19-3/h6-7,11-12H,4-5,8-10,17H2,1-3H3. The first kappa shape index (κ1) is 16.5. The third-order valence-electron chi connectivity index (χ3n) is 3.20. The summed E-state index contributed by atoms with van der Waals surface area (Å²) in [5.74, 6) is 0.965. The molecule has 1 unspecified atom stereocenters. The number of ether oxygens (including phenoxy) is 1. The minimum Gasteiger partial charge on any atom is -0.496 e. The molecule has 0 aliphatic rings. The van der Waals surface area contributed by atoms with E-state index in [1.54, 1.807) is 7.11 Å². The number of nitrogens with zero attached hydrogens (tertiary/aromatic N) is 1. The lowest BCUT2D eigenvalue weighted by atomic mass is 10.1. The Bertz CT molecular complexity index is 382. The van der Waals surface area contributed by atoms with Crippen molar-refractivity contribution in [2.45, 2.75) is 32.2 Å². The van der Waals surface area contributed by atoms with E-state index >= 15 is 0 Å². The summed E-state index contributed by atoms with van der Waals surface area (Å²) < 4.78 is 6.49. The molecule has 0 saturated heterocycles. The Balaban J connectivity index is 2.41. The fourth-order valence-electron chi connectivity index (χ4n) is 2.05. The fraction of sp³-hybridized carbons (Fsp3) is 0.600. The van der Waals surface area contributed by atoms with Crippen LogP contribution in [-0.2, 0) is 6.42 Å². The van der Waals surface area contributed by atoms with Gasteiger partial charge >= 0.3 is 0 Å². The van der Waals surface area contributed by atoms with Gasteiger partial charge in [0.15, 0.2) is 0 Å². The average molecular weight is 329 g/mol. The Morgan fingerprint density at radius 3 is 2.74 bits per heavy atom. The molecule has 4 heteroatoms. The monoisotopic (exact) mass is 328 g/mol. The lowest BCUT2D eigenvalue weighted by Crippen LogP contribution is -2.24. The molecular weight excluding hydrogens is 304 g/mol. The van der Waals surface area contributed by atoms with Gasteiger partial charge in [-0.1, -0.05) is 15.9 Å². The Morgan fingerprint density at radius 1 is 1.37 bits per heavy atom. The molecule has 0 fully saturated rings. The summed E-state index contributed by atoms with van der Waals surface area (Å²) in [6.07, 6.45) is 3.24. The van der Waals surface area contributed by atoms with E-state index in [1.165, 1.54) is 5.56 Å². The van der Waals surface area contributed by atoms with E-state index in [1.807, 2.05) is 12.1 Å².